The van der Waals surface area contributed by atoms with E-state index < -0.39 is 0 Å². The number of hydrogen-bond acceptors (Lipinski definition) is 2. The Bertz CT molecular complexity index is 1120. The second-order valence-electron chi connectivity index (χ2n) is 6.86. The third-order valence-electron chi connectivity index (χ3n) is 4.82. The van der Waals surface area contributed by atoms with E-state index in [-0.39, 0.29) is 5.91 Å². The first kappa shape index (κ1) is 18.3. The maximum Gasteiger partial charge on any atom is 0.270 e. The highest BCUT2D eigenvalue weighted by atomic mass is 35.5. The summed E-state index contributed by atoms with van der Waals surface area (Å²) >= 11 is 6.08. The maximum absolute atomic E-state index is 13.4. The SMILES string of the molecule is Cc1ccccc1CN(Cc1cccnc1)C(=O)c1cc2ccc(Cl)cc2[nH]1. The van der Waals surface area contributed by atoms with Gasteiger partial charge < -0.3 is 9.88 Å². The van der Waals surface area contributed by atoms with Crippen molar-refractivity contribution in [1.29, 1.82) is 0 Å². The fourth-order valence-electron chi connectivity index (χ4n) is 3.29. The lowest BCUT2D eigenvalue weighted by atomic mass is 10.1. The molecule has 0 bridgehead atoms. The zero-order chi connectivity index (χ0) is 19.5. The molecule has 28 heavy (non-hydrogen) atoms. The monoisotopic (exact) mass is 389 g/mol. The van der Waals surface area contributed by atoms with Crippen molar-refractivity contribution in [3.63, 3.8) is 0 Å². The fourth-order valence-corrected chi connectivity index (χ4v) is 3.46. The van der Waals surface area contributed by atoms with Crippen LogP contribution in [0.4, 0.5) is 0 Å². The highest BCUT2D eigenvalue weighted by Gasteiger charge is 2.19. The molecule has 0 aliphatic carbocycles. The van der Waals surface area contributed by atoms with E-state index in [4.69, 9.17) is 11.6 Å². The van der Waals surface area contributed by atoms with Crippen LogP contribution in [0.2, 0.25) is 5.02 Å². The molecule has 0 saturated heterocycles. The largest absolute Gasteiger partial charge is 0.350 e. The van der Waals surface area contributed by atoms with Gasteiger partial charge >= 0.3 is 0 Å². The lowest BCUT2D eigenvalue weighted by Crippen LogP contribution is -2.30. The number of rotatable bonds is 5. The lowest BCUT2D eigenvalue weighted by Gasteiger charge is -2.23. The summed E-state index contributed by atoms with van der Waals surface area (Å²) < 4.78 is 0. The van der Waals surface area contributed by atoms with Crippen LogP contribution in [0.25, 0.3) is 10.9 Å². The number of fused-ring (bicyclic) bond motifs is 1. The average Bonchev–Trinajstić information content (AvgIpc) is 3.12. The van der Waals surface area contributed by atoms with Crippen LogP contribution < -0.4 is 0 Å². The summed E-state index contributed by atoms with van der Waals surface area (Å²) in [4.78, 5) is 22.6. The van der Waals surface area contributed by atoms with Gasteiger partial charge in [-0.2, -0.15) is 0 Å². The first-order valence-electron chi connectivity index (χ1n) is 9.11. The number of aryl methyl sites for hydroxylation is 1. The quantitative estimate of drug-likeness (QED) is 0.499. The smallest absolute Gasteiger partial charge is 0.270 e. The van der Waals surface area contributed by atoms with Crippen LogP contribution in [0.15, 0.2) is 73.1 Å². The van der Waals surface area contributed by atoms with Gasteiger partial charge in [0.2, 0.25) is 0 Å². The number of halogens is 1. The summed E-state index contributed by atoms with van der Waals surface area (Å²) in [5, 5.41) is 1.60. The molecule has 0 aliphatic heterocycles. The molecule has 5 heteroatoms. The van der Waals surface area contributed by atoms with Crippen molar-refractivity contribution in [2.75, 3.05) is 0 Å². The highest BCUT2D eigenvalue weighted by Crippen LogP contribution is 2.22. The summed E-state index contributed by atoms with van der Waals surface area (Å²) in [6, 6.07) is 19.4. The minimum Gasteiger partial charge on any atom is -0.350 e. The molecule has 4 aromatic rings. The van der Waals surface area contributed by atoms with Gasteiger partial charge in [-0.3, -0.25) is 9.78 Å². The number of carbonyl (C=O) groups is 1. The van der Waals surface area contributed by atoms with E-state index in [0.29, 0.717) is 23.8 Å². The Hall–Kier alpha value is -3.11. The molecule has 0 aliphatic rings. The lowest BCUT2D eigenvalue weighted by molar-refractivity contribution is 0.0724. The first-order chi connectivity index (χ1) is 13.6. The molecule has 1 amide bonds. The van der Waals surface area contributed by atoms with E-state index in [2.05, 4.69) is 29.0 Å². The van der Waals surface area contributed by atoms with E-state index in [9.17, 15) is 4.79 Å². The molecule has 4 nitrogen and oxygen atoms in total. The zero-order valence-corrected chi connectivity index (χ0v) is 16.3. The number of aromatic nitrogens is 2. The van der Waals surface area contributed by atoms with Crippen molar-refractivity contribution >= 4 is 28.4 Å². The first-order valence-corrected chi connectivity index (χ1v) is 9.49. The molecule has 2 aromatic carbocycles. The highest BCUT2D eigenvalue weighted by molar-refractivity contribution is 6.31. The number of carbonyl (C=O) groups excluding carboxylic acids is 1. The summed E-state index contributed by atoms with van der Waals surface area (Å²) in [7, 11) is 0. The standard InChI is InChI=1S/C23H20ClN3O/c1-16-5-2-3-7-19(16)15-27(14-17-6-4-10-25-13-17)23(28)22-11-18-8-9-20(24)12-21(18)26-22/h2-13,26H,14-15H2,1H3. The topological polar surface area (TPSA) is 49.0 Å². The Labute approximate surface area is 168 Å². The van der Waals surface area contributed by atoms with Crippen LogP contribution in [-0.2, 0) is 13.1 Å². The summed E-state index contributed by atoms with van der Waals surface area (Å²) in [5.41, 5.74) is 4.68. The Balaban J connectivity index is 1.68. The number of amides is 1. The van der Waals surface area contributed by atoms with E-state index in [1.165, 1.54) is 0 Å². The van der Waals surface area contributed by atoms with Crippen LogP contribution in [0.5, 0.6) is 0 Å². The molecule has 0 unspecified atom stereocenters. The van der Waals surface area contributed by atoms with Crippen molar-refractivity contribution in [3.8, 4) is 0 Å². The number of pyridine rings is 1. The van der Waals surface area contributed by atoms with E-state index >= 15 is 0 Å². The molecular weight excluding hydrogens is 370 g/mol. The van der Waals surface area contributed by atoms with Gasteiger partial charge in [-0.15, -0.1) is 0 Å². The third kappa shape index (κ3) is 3.92. The molecule has 2 aromatic heterocycles. The van der Waals surface area contributed by atoms with Crippen molar-refractivity contribution in [3.05, 3.63) is 100 Å². The van der Waals surface area contributed by atoms with Crippen molar-refractivity contribution < 1.29 is 4.79 Å². The van der Waals surface area contributed by atoms with Gasteiger partial charge in [-0.1, -0.05) is 48.0 Å². The van der Waals surface area contributed by atoms with Gasteiger partial charge in [-0.05, 0) is 47.9 Å². The summed E-state index contributed by atoms with van der Waals surface area (Å²) in [5.74, 6) is -0.0561. The predicted molar refractivity (Wildman–Crippen MR) is 112 cm³/mol. The molecule has 0 spiro atoms. The Morgan fingerprint density at radius 2 is 1.93 bits per heavy atom. The van der Waals surface area contributed by atoms with Gasteiger partial charge in [0.25, 0.3) is 5.91 Å². The van der Waals surface area contributed by atoms with Gasteiger partial charge in [0.1, 0.15) is 5.69 Å². The average molecular weight is 390 g/mol. The number of nitrogens with zero attached hydrogens (tertiary/aromatic N) is 2. The van der Waals surface area contributed by atoms with E-state index in [1.54, 1.807) is 12.4 Å². The number of H-pyrrole nitrogens is 1. The second kappa shape index (κ2) is 7.87. The Morgan fingerprint density at radius 1 is 1.07 bits per heavy atom. The fraction of sp³-hybridized carbons (Fsp3) is 0.130. The van der Waals surface area contributed by atoms with Crippen LogP contribution in [0.3, 0.4) is 0 Å². The van der Waals surface area contributed by atoms with Gasteiger partial charge in [0, 0.05) is 41.4 Å². The minimum atomic E-state index is -0.0561. The third-order valence-corrected chi connectivity index (χ3v) is 5.06. The van der Waals surface area contributed by atoms with E-state index in [0.717, 1.165) is 27.6 Å². The van der Waals surface area contributed by atoms with Gasteiger partial charge in [-0.25, -0.2) is 0 Å². The molecule has 1 N–H and O–H groups in total. The summed E-state index contributed by atoms with van der Waals surface area (Å²) in [6.45, 7) is 3.07. The number of benzene rings is 2. The van der Waals surface area contributed by atoms with Crippen molar-refractivity contribution in [1.82, 2.24) is 14.9 Å². The molecule has 0 radical (unpaired) electrons. The second-order valence-corrected chi connectivity index (χ2v) is 7.30. The van der Waals surface area contributed by atoms with E-state index in [1.807, 2.05) is 53.4 Å². The molecule has 4 rings (SSSR count). The van der Waals surface area contributed by atoms with Crippen molar-refractivity contribution in [2.24, 2.45) is 0 Å². The maximum atomic E-state index is 13.4. The Morgan fingerprint density at radius 3 is 2.71 bits per heavy atom. The molecule has 0 fully saturated rings. The normalized spacial score (nSPS) is 10.9. The molecule has 140 valence electrons. The van der Waals surface area contributed by atoms with Crippen LogP contribution in [-0.4, -0.2) is 20.8 Å². The number of hydrogen-bond donors (Lipinski definition) is 1. The zero-order valence-electron chi connectivity index (χ0n) is 15.5. The van der Waals surface area contributed by atoms with Crippen LogP contribution in [0.1, 0.15) is 27.2 Å². The Kier molecular flexibility index (Phi) is 5.13. The minimum absolute atomic E-state index is 0.0561. The molecule has 2 heterocycles. The molecule has 0 saturated carbocycles. The number of nitrogens with one attached hydrogen (secondary N) is 1. The van der Waals surface area contributed by atoms with Crippen LogP contribution in [0, 0.1) is 6.92 Å². The van der Waals surface area contributed by atoms with Gasteiger partial charge in [0.05, 0.1) is 0 Å². The van der Waals surface area contributed by atoms with Crippen LogP contribution >= 0.6 is 11.6 Å². The van der Waals surface area contributed by atoms with Gasteiger partial charge in [0.15, 0.2) is 0 Å². The predicted octanol–water partition coefficient (Wildman–Crippen LogP) is 5.37. The molecule has 0 atom stereocenters. The number of aromatic amines is 1. The van der Waals surface area contributed by atoms with Crippen molar-refractivity contribution in [2.45, 2.75) is 20.0 Å². The summed E-state index contributed by atoms with van der Waals surface area (Å²) in [6.07, 6.45) is 3.53. The molecular formula is C23H20ClN3O.